The number of hydrogen-bond acceptors (Lipinski definition) is 2. The lowest BCUT2D eigenvalue weighted by Gasteiger charge is -2.19. The average Bonchev–Trinajstić information content (AvgIpc) is 3.03. The van der Waals surface area contributed by atoms with Crippen molar-refractivity contribution in [3.63, 3.8) is 0 Å². The van der Waals surface area contributed by atoms with Gasteiger partial charge in [-0.1, -0.05) is 26.8 Å². The van der Waals surface area contributed by atoms with Gasteiger partial charge in [0.05, 0.1) is 6.10 Å². The minimum atomic E-state index is -2.82. The van der Waals surface area contributed by atoms with Crippen LogP contribution >= 0.6 is 0 Å². The molecule has 1 fully saturated rings. The Morgan fingerprint density at radius 3 is 2.42 bits per heavy atom. The summed E-state index contributed by atoms with van der Waals surface area (Å²) in [6, 6.07) is 5.22. The van der Waals surface area contributed by atoms with E-state index in [1.807, 2.05) is 12.1 Å². The summed E-state index contributed by atoms with van der Waals surface area (Å²) in [4.78, 5) is 0. The highest BCUT2D eigenvalue weighted by molar-refractivity contribution is 5.43. The molecule has 4 heteroatoms. The molecule has 2 nitrogen and oxygen atoms in total. The minimum Gasteiger partial charge on any atom is -0.487 e. The summed E-state index contributed by atoms with van der Waals surface area (Å²) in [6.45, 7) is 3.59. The zero-order chi connectivity index (χ0) is 14.0. The smallest absolute Gasteiger partial charge is 0.387 e. The summed E-state index contributed by atoms with van der Waals surface area (Å²) in [5, 5.41) is 0. The summed E-state index contributed by atoms with van der Waals surface area (Å²) >= 11 is 0. The Labute approximate surface area is 112 Å². The molecule has 1 aliphatic carbocycles. The fourth-order valence-electron chi connectivity index (χ4n) is 1.93. The average molecular weight is 270 g/mol. The Morgan fingerprint density at radius 1 is 1.21 bits per heavy atom. The van der Waals surface area contributed by atoms with Gasteiger partial charge in [0.2, 0.25) is 0 Å². The van der Waals surface area contributed by atoms with Gasteiger partial charge in [-0.2, -0.15) is 8.78 Å². The molecule has 1 aromatic rings. The monoisotopic (exact) mass is 270 g/mol. The molecule has 0 aromatic heterocycles. The first-order valence-electron chi connectivity index (χ1n) is 6.58. The summed E-state index contributed by atoms with van der Waals surface area (Å²) < 4.78 is 34.8. The predicted molar refractivity (Wildman–Crippen MR) is 69.9 cm³/mol. The van der Waals surface area contributed by atoms with Gasteiger partial charge in [-0.05, 0) is 42.4 Å². The maximum absolute atomic E-state index is 12.3. The molecule has 0 radical (unpaired) electrons. The molecule has 2 rings (SSSR count). The molecule has 0 N–H and O–H groups in total. The molecule has 1 aromatic carbocycles. The van der Waals surface area contributed by atoms with E-state index < -0.39 is 6.61 Å². The SMILES string of the molecule is CC(C)(C)Cc1ccc(OC(F)F)c(OC2CC2)c1. The molecule has 0 amide bonds. The Kier molecular flexibility index (Phi) is 3.97. The number of halogens is 2. The van der Waals surface area contributed by atoms with Gasteiger partial charge in [0.1, 0.15) is 0 Å². The molecule has 106 valence electrons. The van der Waals surface area contributed by atoms with E-state index in [0.717, 1.165) is 24.8 Å². The van der Waals surface area contributed by atoms with Gasteiger partial charge in [-0.15, -0.1) is 0 Å². The Bertz CT molecular complexity index is 434. The van der Waals surface area contributed by atoms with E-state index in [-0.39, 0.29) is 17.3 Å². The minimum absolute atomic E-state index is 0.125. The predicted octanol–water partition coefficient (Wildman–Crippen LogP) is 4.42. The van der Waals surface area contributed by atoms with Crippen molar-refractivity contribution >= 4 is 0 Å². The van der Waals surface area contributed by atoms with E-state index in [1.54, 1.807) is 6.07 Å². The highest BCUT2D eigenvalue weighted by Crippen LogP contribution is 2.36. The van der Waals surface area contributed by atoms with E-state index in [4.69, 9.17) is 4.74 Å². The fraction of sp³-hybridized carbons (Fsp3) is 0.600. The van der Waals surface area contributed by atoms with Crippen molar-refractivity contribution < 1.29 is 18.3 Å². The molecule has 1 aliphatic rings. The van der Waals surface area contributed by atoms with Crippen LogP contribution in [0, 0.1) is 5.41 Å². The maximum atomic E-state index is 12.3. The van der Waals surface area contributed by atoms with Crippen molar-refractivity contribution in [3.8, 4) is 11.5 Å². The lowest BCUT2D eigenvalue weighted by Crippen LogP contribution is -2.10. The van der Waals surface area contributed by atoms with Crippen LogP contribution in [-0.2, 0) is 6.42 Å². The molecule has 0 bridgehead atoms. The van der Waals surface area contributed by atoms with Crippen molar-refractivity contribution in [3.05, 3.63) is 23.8 Å². The topological polar surface area (TPSA) is 18.5 Å². The Hall–Kier alpha value is -1.32. The van der Waals surface area contributed by atoms with Gasteiger partial charge in [0.25, 0.3) is 0 Å². The first-order valence-corrected chi connectivity index (χ1v) is 6.58. The summed E-state index contributed by atoms with van der Waals surface area (Å²) in [5.74, 6) is 0.559. The zero-order valence-corrected chi connectivity index (χ0v) is 11.6. The van der Waals surface area contributed by atoms with E-state index >= 15 is 0 Å². The molecular weight excluding hydrogens is 250 g/mol. The van der Waals surface area contributed by atoms with Gasteiger partial charge < -0.3 is 9.47 Å². The second-order valence-corrected chi connectivity index (χ2v) is 6.21. The number of rotatable bonds is 5. The molecule has 0 aliphatic heterocycles. The van der Waals surface area contributed by atoms with Gasteiger partial charge in [-0.25, -0.2) is 0 Å². The maximum Gasteiger partial charge on any atom is 0.387 e. The van der Waals surface area contributed by atoms with Gasteiger partial charge in [0, 0.05) is 0 Å². The standard InChI is InChI=1S/C15H20F2O2/c1-15(2,3)9-10-4-7-12(19-14(16)17)13(8-10)18-11-5-6-11/h4,7-8,11,14H,5-6,9H2,1-3H3. The fourth-order valence-corrected chi connectivity index (χ4v) is 1.93. The highest BCUT2D eigenvalue weighted by Gasteiger charge is 2.26. The molecule has 0 spiro atoms. The van der Waals surface area contributed by atoms with Crippen LogP contribution in [0.2, 0.25) is 0 Å². The van der Waals surface area contributed by atoms with Gasteiger partial charge in [-0.3, -0.25) is 0 Å². The molecule has 0 heterocycles. The van der Waals surface area contributed by atoms with Crippen LogP contribution in [0.3, 0.4) is 0 Å². The first-order chi connectivity index (χ1) is 8.83. The Balaban J connectivity index is 2.19. The van der Waals surface area contributed by atoms with Crippen LogP contribution in [0.5, 0.6) is 11.5 Å². The second kappa shape index (κ2) is 5.35. The van der Waals surface area contributed by atoms with Crippen LogP contribution in [0.4, 0.5) is 8.78 Å². The number of benzene rings is 1. The highest BCUT2D eigenvalue weighted by atomic mass is 19.3. The number of hydrogen-bond donors (Lipinski definition) is 0. The second-order valence-electron chi connectivity index (χ2n) is 6.21. The van der Waals surface area contributed by atoms with Gasteiger partial charge >= 0.3 is 6.61 Å². The number of ether oxygens (including phenoxy) is 2. The van der Waals surface area contributed by atoms with Crippen LogP contribution in [0.15, 0.2) is 18.2 Å². The molecule has 0 unspecified atom stereocenters. The van der Waals surface area contributed by atoms with E-state index in [9.17, 15) is 8.78 Å². The van der Waals surface area contributed by atoms with Crippen LogP contribution in [0.25, 0.3) is 0 Å². The third-order valence-corrected chi connectivity index (χ3v) is 2.78. The van der Waals surface area contributed by atoms with Crippen LogP contribution in [-0.4, -0.2) is 12.7 Å². The molecule has 19 heavy (non-hydrogen) atoms. The van der Waals surface area contributed by atoms with Crippen molar-refractivity contribution in [1.29, 1.82) is 0 Å². The lowest BCUT2D eigenvalue weighted by molar-refractivity contribution is -0.0516. The van der Waals surface area contributed by atoms with Crippen LogP contribution in [0.1, 0.15) is 39.2 Å². The molecule has 0 atom stereocenters. The zero-order valence-electron chi connectivity index (χ0n) is 11.6. The quantitative estimate of drug-likeness (QED) is 0.788. The van der Waals surface area contributed by atoms with Crippen LogP contribution < -0.4 is 9.47 Å². The molecular formula is C15H20F2O2. The third-order valence-electron chi connectivity index (χ3n) is 2.78. The van der Waals surface area contributed by atoms with Crippen molar-refractivity contribution in [1.82, 2.24) is 0 Å². The number of alkyl halides is 2. The van der Waals surface area contributed by atoms with Crippen molar-refractivity contribution in [2.45, 2.75) is 52.7 Å². The normalized spacial score (nSPS) is 15.7. The lowest BCUT2D eigenvalue weighted by atomic mass is 9.88. The third kappa shape index (κ3) is 4.69. The largest absolute Gasteiger partial charge is 0.487 e. The van der Waals surface area contributed by atoms with Gasteiger partial charge in [0.15, 0.2) is 11.5 Å². The van der Waals surface area contributed by atoms with Crippen molar-refractivity contribution in [2.24, 2.45) is 5.41 Å². The van der Waals surface area contributed by atoms with E-state index in [0.29, 0.717) is 5.75 Å². The van der Waals surface area contributed by atoms with Crippen molar-refractivity contribution in [2.75, 3.05) is 0 Å². The summed E-state index contributed by atoms with van der Waals surface area (Å²) in [5.41, 5.74) is 1.21. The summed E-state index contributed by atoms with van der Waals surface area (Å²) in [6.07, 6.45) is 2.99. The summed E-state index contributed by atoms with van der Waals surface area (Å²) in [7, 11) is 0. The molecule has 0 saturated heterocycles. The molecule has 1 saturated carbocycles. The van der Waals surface area contributed by atoms with E-state index in [2.05, 4.69) is 25.5 Å². The van der Waals surface area contributed by atoms with E-state index in [1.165, 1.54) is 0 Å². The Morgan fingerprint density at radius 2 is 1.89 bits per heavy atom. The first kappa shape index (κ1) is 14.1.